The summed E-state index contributed by atoms with van der Waals surface area (Å²) in [6.07, 6.45) is -1.56. The highest BCUT2D eigenvalue weighted by Gasteiger charge is 2.36. The van der Waals surface area contributed by atoms with Crippen LogP contribution >= 0.6 is 0 Å². The third-order valence-electron chi connectivity index (χ3n) is 4.37. The van der Waals surface area contributed by atoms with Gasteiger partial charge in [0.05, 0.1) is 5.69 Å². The number of rotatable bonds is 4. The van der Waals surface area contributed by atoms with Gasteiger partial charge in [0.25, 0.3) is 0 Å². The van der Waals surface area contributed by atoms with Crippen LogP contribution in [-0.4, -0.2) is 63.9 Å². The predicted octanol–water partition coefficient (Wildman–Crippen LogP) is 1.32. The van der Waals surface area contributed by atoms with Crippen molar-refractivity contribution in [3.63, 3.8) is 0 Å². The van der Waals surface area contributed by atoms with Gasteiger partial charge >= 0.3 is 6.18 Å². The fourth-order valence-corrected chi connectivity index (χ4v) is 3.08. The van der Waals surface area contributed by atoms with Gasteiger partial charge in [-0.2, -0.15) is 18.3 Å². The van der Waals surface area contributed by atoms with Crippen LogP contribution in [0.1, 0.15) is 17.0 Å². The Morgan fingerprint density at radius 3 is 2.63 bits per heavy atom. The van der Waals surface area contributed by atoms with Crippen LogP contribution in [-0.2, 0) is 26.3 Å². The van der Waals surface area contributed by atoms with Crippen molar-refractivity contribution in [2.24, 2.45) is 12.0 Å². The van der Waals surface area contributed by atoms with Gasteiger partial charge < -0.3 is 14.7 Å². The molecule has 0 atom stereocenters. The van der Waals surface area contributed by atoms with Crippen LogP contribution in [0.3, 0.4) is 0 Å². The average molecular weight is 385 g/mol. The van der Waals surface area contributed by atoms with Crippen molar-refractivity contribution >= 4 is 5.96 Å². The topological polar surface area (TPSA) is 74.7 Å². The van der Waals surface area contributed by atoms with Crippen LogP contribution in [0, 0.1) is 0 Å². The van der Waals surface area contributed by atoms with Crippen LogP contribution in [0.4, 0.5) is 13.2 Å². The van der Waals surface area contributed by atoms with E-state index in [1.54, 1.807) is 13.3 Å². The second-order valence-electron chi connectivity index (χ2n) is 6.33. The fourth-order valence-electron chi connectivity index (χ4n) is 3.08. The van der Waals surface area contributed by atoms with Crippen molar-refractivity contribution in [2.45, 2.75) is 19.3 Å². The quantitative estimate of drug-likeness (QED) is 0.632. The third-order valence-corrected chi connectivity index (χ3v) is 4.37. The summed E-state index contributed by atoms with van der Waals surface area (Å²) in [5.74, 6) is 0.577. The van der Waals surface area contributed by atoms with E-state index in [9.17, 15) is 13.2 Å². The number of nitrogens with one attached hydrogen (secondary N) is 1. The largest absolute Gasteiger partial charge is 0.435 e. The second-order valence-corrected chi connectivity index (χ2v) is 6.33. The maximum Gasteiger partial charge on any atom is 0.435 e. The minimum Gasteiger partial charge on any atom is -0.364 e. The number of alkyl halides is 3. The first-order valence-electron chi connectivity index (χ1n) is 8.53. The van der Waals surface area contributed by atoms with Crippen LogP contribution in [0.25, 0.3) is 0 Å². The summed E-state index contributed by atoms with van der Waals surface area (Å²) in [5.41, 5.74) is 0.100. The van der Waals surface area contributed by atoms with Gasteiger partial charge in [-0.3, -0.25) is 14.6 Å². The second kappa shape index (κ2) is 7.99. The Labute approximate surface area is 154 Å². The van der Waals surface area contributed by atoms with Gasteiger partial charge in [0.15, 0.2) is 11.7 Å². The Morgan fingerprint density at radius 1 is 1.30 bits per heavy atom. The zero-order chi connectivity index (χ0) is 19.4. The highest BCUT2D eigenvalue weighted by atomic mass is 19.4. The first-order chi connectivity index (χ1) is 12.9. The maximum atomic E-state index is 13.1. The van der Waals surface area contributed by atoms with Gasteiger partial charge in [-0.15, -0.1) is 0 Å². The Hall–Kier alpha value is -2.56. The summed E-state index contributed by atoms with van der Waals surface area (Å²) in [5, 5.41) is 10.4. The molecule has 8 nitrogen and oxygen atoms in total. The van der Waals surface area contributed by atoms with E-state index in [0.717, 1.165) is 31.9 Å². The third kappa shape index (κ3) is 4.79. The molecule has 1 saturated heterocycles. The lowest BCUT2D eigenvalue weighted by molar-refractivity contribution is -0.142. The maximum absolute atomic E-state index is 13.1. The predicted molar refractivity (Wildman–Crippen MR) is 91.8 cm³/mol. The van der Waals surface area contributed by atoms with Crippen molar-refractivity contribution in [1.82, 2.24) is 30.1 Å². The molecule has 1 aliphatic rings. The van der Waals surface area contributed by atoms with Crippen LogP contribution in [0.2, 0.25) is 0 Å². The molecule has 0 aliphatic carbocycles. The summed E-state index contributed by atoms with van der Waals surface area (Å²) in [4.78, 5) is 8.47. The van der Waals surface area contributed by atoms with Crippen molar-refractivity contribution < 1.29 is 17.7 Å². The number of aryl methyl sites for hydroxylation is 1. The number of aliphatic imine (C=N–C) groups is 1. The van der Waals surface area contributed by atoms with Crippen LogP contribution < -0.4 is 5.32 Å². The summed E-state index contributed by atoms with van der Waals surface area (Å²) in [6.45, 7) is 3.76. The first-order valence-corrected chi connectivity index (χ1v) is 8.53. The van der Waals surface area contributed by atoms with E-state index in [2.05, 4.69) is 25.5 Å². The number of hydrogen-bond acceptors (Lipinski definition) is 5. The zero-order valence-corrected chi connectivity index (χ0v) is 15.2. The monoisotopic (exact) mass is 385 g/mol. The summed E-state index contributed by atoms with van der Waals surface area (Å²) in [7, 11) is 3.10. The molecule has 0 bridgehead atoms. The van der Waals surface area contributed by atoms with E-state index in [1.807, 2.05) is 11.0 Å². The normalized spacial score (nSPS) is 16.8. The molecule has 0 spiro atoms. The number of aromatic nitrogens is 3. The molecule has 0 unspecified atom stereocenters. The number of piperazine rings is 1. The van der Waals surface area contributed by atoms with Gasteiger partial charge in [0.1, 0.15) is 6.26 Å². The van der Waals surface area contributed by atoms with E-state index >= 15 is 0 Å². The lowest BCUT2D eigenvalue weighted by Gasteiger charge is -2.36. The summed E-state index contributed by atoms with van der Waals surface area (Å²) < 4.78 is 45.2. The number of hydrogen-bond donors (Lipinski definition) is 1. The smallest absolute Gasteiger partial charge is 0.364 e. The molecule has 27 heavy (non-hydrogen) atoms. The Balaban J connectivity index is 1.55. The molecule has 1 N–H and O–H groups in total. The van der Waals surface area contributed by atoms with E-state index in [0.29, 0.717) is 12.5 Å². The molecule has 2 aromatic rings. The molecule has 11 heteroatoms. The Morgan fingerprint density at radius 2 is 2.04 bits per heavy atom. The van der Waals surface area contributed by atoms with E-state index in [4.69, 9.17) is 4.52 Å². The minimum absolute atomic E-state index is 0.00844. The van der Waals surface area contributed by atoms with Gasteiger partial charge in [-0.05, 0) is 0 Å². The number of nitrogens with zero attached hydrogens (tertiary/aromatic N) is 6. The Kier molecular flexibility index (Phi) is 5.68. The number of halogens is 3. The van der Waals surface area contributed by atoms with Crippen molar-refractivity contribution in [3.8, 4) is 0 Å². The minimum atomic E-state index is -4.48. The summed E-state index contributed by atoms with van der Waals surface area (Å²) >= 11 is 0. The molecule has 148 valence electrons. The lowest BCUT2D eigenvalue weighted by atomic mass is 10.2. The molecule has 0 amide bonds. The van der Waals surface area contributed by atoms with Gasteiger partial charge in [-0.25, -0.2) is 0 Å². The Bertz CT molecular complexity index is 762. The van der Waals surface area contributed by atoms with Crippen molar-refractivity contribution in [3.05, 3.63) is 35.5 Å². The van der Waals surface area contributed by atoms with Gasteiger partial charge in [0, 0.05) is 71.2 Å². The lowest BCUT2D eigenvalue weighted by Crippen LogP contribution is -2.52. The SMILES string of the molecule is CN=C(NCc1cn(C)nc1C(F)(F)F)N1CCN(Cc2ccon2)CC1. The van der Waals surface area contributed by atoms with Crippen LogP contribution in [0.5, 0.6) is 0 Å². The summed E-state index contributed by atoms with van der Waals surface area (Å²) in [6, 6.07) is 1.83. The molecule has 2 aromatic heterocycles. The molecule has 0 aromatic carbocycles. The van der Waals surface area contributed by atoms with Gasteiger partial charge in [0.2, 0.25) is 0 Å². The van der Waals surface area contributed by atoms with Gasteiger partial charge in [-0.1, -0.05) is 5.16 Å². The molecule has 3 heterocycles. The highest BCUT2D eigenvalue weighted by Crippen LogP contribution is 2.30. The highest BCUT2D eigenvalue weighted by molar-refractivity contribution is 5.80. The molecule has 0 radical (unpaired) electrons. The first kappa shape index (κ1) is 19.2. The van der Waals surface area contributed by atoms with Crippen molar-refractivity contribution in [1.29, 1.82) is 0 Å². The molecular formula is C16H22F3N7O. The molecule has 1 fully saturated rings. The van der Waals surface area contributed by atoms with E-state index in [1.165, 1.54) is 17.9 Å². The van der Waals surface area contributed by atoms with E-state index in [-0.39, 0.29) is 12.1 Å². The molecular weight excluding hydrogens is 363 g/mol. The number of guanidine groups is 1. The molecule has 0 saturated carbocycles. The zero-order valence-electron chi connectivity index (χ0n) is 15.2. The average Bonchev–Trinajstić information content (AvgIpc) is 3.26. The fraction of sp³-hybridized carbons (Fsp3) is 0.562. The standard InChI is InChI=1S/C16H22F3N7O/c1-20-15(21-9-12-10-24(2)22-14(12)16(17,18)19)26-6-4-25(5-7-26)11-13-3-8-27-23-13/h3,8,10H,4-7,9,11H2,1-2H3,(H,20,21). The molecule has 1 aliphatic heterocycles. The van der Waals surface area contributed by atoms with Crippen molar-refractivity contribution in [2.75, 3.05) is 33.2 Å². The van der Waals surface area contributed by atoms with Crippen LogP contribution in [0.15, 0.2) is 28.0 Å². The van der Waals surface area contributed by atoms with E-state index < -0.39 is 11.9 Å². The molecule has 3 rings (SSSR count).